The molecule has 0 radical (unpaired) electrons. The van der Waals surface area contributed by atoms with E-state index in [4.69, 9.17) is 4.74 Å². The Hall–Kier alpha value is -1.69. The molecule has 1 aromatic carbocycles. The summed E-state index contributed by atoms with van der Waals surface area (Å²) in [6.45, 7) is 0.421. The number of methoxy groups -OCH3 is 1. The van der Waals surface area contributed by atoms with Crippen LogP contribution < -0.4 is 0 Å². The Morgan fingerprint density at radius 3 is 2.66 bits per heavy atom. The van der Waals surface area contributed by atoms with Crippen LogP contribution in [0.15, 0.2) is 18.2 Å². The lowest BCUT2D eigenvalue weighted by molar-refractivity contribution is -0.158. The van der Waals surface area contributed by atoms with E-state index in [1.165, 1.54) is 13.2 Å². The van der Waals surface area contributed by atoms with Crippen LogP contribution >= 0.6 is 0 Å². The summed E-state index contributed by atoms with van der Waals surface area (Å²) in [7, 11) is -2.38. The van der Waals surface area contributed by atoms with Gasteiger partial charge in [0, 0.05) is 26.8 Å². The van der Waals surface area contributed by atoms with Gasteiger partial charge in [0.25, 0.3) is 0 Å². The standard InChI is InChI=1S/C18H25F3N2O5S/c1-28-9-3-2-4-17(23(25)13-24)12-29(26,27)22-8-7-14-5-6-16(18(19,20)21)10-15(14)11-22/h5-6,10,13,17,25H,2-4,7-9,11-12H2,1H3/t17-/m0/s1. The van der Waals surface area contributed by atoms with E-state index in [2.05, 4.69) is 0 Å². The van der Waals surface area contributed by atoms with Gasteiger partial charge in [0.05, 0.1) is 17.4 Å². The van der Waals surface area contributed by atoms with Crippen LogP contribution in [0.5, 0.6) is 0 Å². The summed E-state index contributed by atoms with van der Waals surface area (Å²) in [6.07, 6.45) is -2.64. The molecule has 1 N–H and O–H groups in total. The van der Waals surface area contributed by atoms with Gasteiger partial charge in [-0.2, -0.15) is 17.5 Å². The molecule has 2 rings (SSSR count). The molecule has 7 nitrogen and oxygen atoms in total. The second kappa shape index (κ2) is 9.88. The van der Waals surface area contributed by atoms with Crippen molar-refractivity contribution in [3.63, 3.8) is 0 Å². The van der Waals surface area contributed by atoms with Crippen LogP contribution in [-0.4, -0.2) is 61.5 Å². The molecule has 1 aliphatic heterocycles. The summed E-state index contributed by atoms with van der Waals surface area (Å²) in [5.41, 5.74) is 0.161. The second-order valence-electron chi connectivity index (χ2n) is 6.97. The highest BCUT2D eigenvalue weighted by Crippen LogP contribution is 2.32. The number of carbonyl (C=O) groups excluding carboxylic acids is 1. The molecule has 1 aliphatic rings. The van der Waals surface area contributed by atoms with Gasteiger partial charge in [-0.15, -0.1) is 0 Å². The Labute approximate surface area is 168 Å². The number of amides is 1. The molecule has 0 bridgehead atoms. The predicted octanol–water partition coefficient (Wildman–Crippen LogP) is 2.43. The van der Waals surface area contributed by atoms with Gasteiger partial charge >= 0.3 is 6.18 Å². The zero-order valence-electron chi connectivity index (χ0n) is 16.1. The van der Waals surface area contributed by atoms with Crippen LogP contribution in [0.25, 0.3) is 0 Å². The van der Waals surface area contributed by atoms with Gasteiger partial charge in [0.1, 0.15) is 0 Å². The van der Waals surface area contributed by atoms with Crippen LogP contribution in [0, 0.1) is 0 Å². The highest BCUT2D eigenvalue weighted by Gasteiger charge is 2.34. The molecule has 0 aliphatic carbocycles. The van der Waals surface area contributed by atoms with E-state index < -0.39 is 33.6 Å². The summed E-state index contributed by atoms with van der Waals surface area (Å²) >= 11 is 0. The van der Waals surface area contributed by atoms with Crippen molar-refractivity contribution < 1.29 is 36.3 Å². The van der Waals surface area contributed by atoms with Crippen molar-refractivity contribution in [2.24, 2.45) is 0 Å². The zero-order chi connectivity index (χ0) is 21.7. The number of unbranched alkanes of at least 4 members (excludes halogenated alkanes) is 1. The minimum atomic E-state index is -4.51. The Kier molecular flexibility index (Phi) is 8.03. The number of ether oxygens (including phenoxy) is 1. The first-order valence-electron chi connectivity index (χ1n) is 9.16. The number of fused-ring (bicyclic) bond motifs is 1. The molecule has 1 heterocycles. The predicted molar refractivity (Wildman–Crippen MR) is 98.5 cm³/mol. The van der Waals surface area contributed by atoms with E-state index >= 15 is 0 Å². The van der Waals surface area contributed by atoms with Gasteiger partial charge in [-0.05, 0) is 48.9 Å². The minimum absolute atomic E-state index is 0.129. The molecule has 1 aromatic rings. The van der Waals surface area contributed by atoms with Crippen molar-refractivity contribution in [2.45, 2.75) is 44.4 Å². The first-order chi connectivity index (χ1) is 13.6. The maximum absolute atomic E-state index is 13.0. The monoisotopic (exact) mass is 438 g/mol. The number of sulfonamides is 1. The number of hydroxylamine groups is 2. The Morgan fingerprint density at radius 2 is 2.03 bits per heavy atom. The molecule has 0 saturated heterocycles. The quantitative estimate of drug-likeness (QED) is 0.262. The number of halogens is 3. The molecule has 1 atom stereocenters. The van der Waals surface area contributed by atoms with E-state index in [0.29, 0.717) is 42.1 Å². The third-order valence-electron chi connectivity index (χ3n) is 4.93. The molecular weight excluding hydrogens is 413 g/mol. The van der Waals surface area contributed by atoms with Crippen molar-refractivity contribution in [1.29, 1.82) is 0 Å². The SMILES string of the molecule is COCCCC[C@@H](CS(=O)(=O)N1CCc2ccc(C(F)(F)F)cc2C1)N(O)C=O. The van der Waals surface area contributed by atoms with E-state index in [0.717, 1.165) is 16.4 Å². The topological polar surface area (TPSA) is 87.2 Å². The molecular formula is C18H25F3N2O5S. The number of alkyl halides is 3. The number of nitrogens with zero attached hydrogens (tertiary/aromatic N) is 2. The molecule has 0 spiro atoms. The molecule has 0 fully saturated rings. The normalized spacial score (nSPS) is 16.3. The Morgan fingerprint density at radius 1 is 1.31 bits per heavy atom. The third-order valence-corrected chi connectivity index (χ3v) is 6.83. The molecule has 0 saturated carbocycles. The fourth-order valence-electron chi connectivity index (χ4n) is 3.30. The van der Waals surface area contributed by atoms with Crippen molar-refractivity contribution in [2.75, 3.05) is 26.0 Å². The van der Waals surface area contributed by atoms with Crippen LogP contribution in [0.1, 0.15) is 36.0 Å². The summed E-state index contributed by atoms with van der Waals surface area (Å²) in [4.78, 5) is 10.9. The van der Waals surface area contributed by atoms with Crippen LogP contribution in [0.4, 0.5) is 13.2 Å². The van der Waals surface area contributed by atoms with Gasteiger partial charge in [-0.3, -0.25) is 10.0 Å². The largest absolute Gasteiger partial charge is 0.416 e. The smallest absolute Gasteiger partial charge is 0.385 e. The van der Waals surface area contributed by atoms with Gasteiger partial charge < -0.3 is 4.74 Å². The lowest BCUT2D eigenvalue weighted by Crippen LogP contribution is -2.44. The van der Waals surface area contributed by atoms with Crippen molar-refractivity contribution in [1.82, 2.24) is 9.37 Å². The number of benzene rings is 1. The molecule has 1 amide bonds. The number of carbonyl (C=O) groups is 1. The van der Waals surface area contributed by atoms with Gasteiger partial charge in [0.15, 0.2) is 0 Å². The molecule has 29 heavy (non-hydrogen) atoms. The third kappa shape index (κ3) is 6.39. The maximum Gasteiger partial charge on any atom is 0.416 e. The first-order valence-corrected chi connectivity index (χ1v) is 10.8. The van der Waals surface area contributed by atoms with Crippen LogP contribution in [0.3, 0.4) is 0 Å². The summed E-state index contributed by atoms with van der Waals surface area (Å²) in [6, 6.07) is 2.40. The molecule has 164 valence electrons. The molecule has 0 unspecified atom stereocenters. The summed E-state index contributed by atoms with van der Waals surface area (Å²) in [5, 5.41) is 10.1. The minimum Gasteiger partial charge on any atom is -0.385 e. The number of hydrogen-bond donors (Lipinski definition) is 1. The Bertz CT molecular complexity index is 801. The molecule has 11 heteroatoms. The fraction of sp³-hybridized carbons (Fsp3) is 0.611. The van der Waals surface area contributed by atoms with Gasteiger partial charge in [-0.25, -0.2) is 13.5 Å². The number of hydrogen-bond acceptors (Lipinski definition) is 5. The van der Waals surface area contributed by atoms with Crippen molar-refractivity contribution in [3.05, 3.63) is 34.9 Å². The fourth-order valence-corrected chi connectivity index (χ4v) is 5.02. The van der Waals surface area contributed by atoms with E-state index in [9.17, 15) is 31.6 Å². The highest BCUT2D eigenvalue weighted by atomic mass is 32.2. The van der Waals surface area contributed by atoms with Crippen molar-refractivity contribution in [3.8, 4) is 0 Å². The lowest BCUT2D eigenvalue weighted by atomic mass is 9.98. The summed E-state index contributed by atoms with van der Waals surface area (Å²) in [5.74, 6) is -0.510. The van der Waals surface area contributed by atoms with E-state index in [1.807, 2.05) is 0 Å². The average Bonchev–Trinajstić information content (AvgIpc) is 2.68. The van der Waals surface area contributed by atoms with Crippen LogP contribution in [0.2, 0.25) is 0 Å². The first kappa shape index (κ1) is 23.6. The van der Waals surface area contributed by atoms with E-state index in [-0.39, 0.29) is 25.9 Å². The van der Waals surface area contributed by atoms with Gasteiger partial charge in [-0.1, -0.05) is 6.07 Å². The average molecular weight is 438 g/mol. The molecule has 0 aromatic heterocycles. The maximum atomic E-state index is 13.0. The van der Waals surface area contributed by atoms with Crippen LogP contribution in [-0.2, 0) is 38.7 Å². The summed E-state index contributed by atoms with van der Waals surface area (Å²) < 4.78 is 70.5. The van der Waals surface area contributed by atoms with Gasteiger partial charge in [0.2, 0.25) is 16.4 Å². The lowest BCUT2D eigenvalue weighted by Gasteiger charge is -2.31. The number of rotatable bonds is 10. The highest BCUT2D eigenvalue weighted by molar-refractivity contribution is 7.89. The second-order valence-corrected chi connectivity index (χ2v) is 8.98. The zero-order valence-corrected chi connectivity index (χ0v) is 16.9. The van der Waals surface area contributed by atoms with Crippen molar-refractivity contribution >= 4 is 16.4 Å². The van der Waals surface area contributed by atoms with E-state index in [1.54, 1.807) is 0 Å². The Balaban J connectivity index is 2.12.